The van der Waals surface area contributed by atoms with E-state index in [1.54, 1.807) is 0 Å². The van der Waals surface area contributed by atoms with Gasteiger partial charge in [0.05, 0.1) is 0 Å². The summed E-state index contributed by atoms with van der Waals surface area (Å²) in [4.78, 5) is 2.51. The molecule has 1 rings (SSSR count). The van der Waals surface area contributed by atoms with Gasteiger partial charge < -0.3 is 10.2 Å². The lowest BCUT2D eigenvalue weighted by molar-refractivity contribution is 0.0358. The third-order valence-electron chi connectivity index (χ3n) is 5.17. The van der Waals surface area contributed by atoms with E-state index in [1.165, 1.54) is 44.9 Å². The summed E-state index contributed by atoms with van der Waals surface area (Å²) in [6.45, 7) is 7.09. The maximum Gasteiger partial charge on any atom is 0.0358 e. The van der Waals surface area contributed by atoms with Crippen molar-refractivity contribution in [3.63, 3.8) is 0 Å². The maximum absolute atomic E-state index is 3.65. The van der Waals surface area contributed by atoms with E-state index in [0.717, 1.165) is 11.8 Å². The van der Waals surface area contributed by atoms with E-state index >= 15 is 0 Å². The summed E-state index contributed by atoms with van der Waals surface area (Å²) >= 11 is 0. The van der Waals surface area contributed by atoms with Gasteiger partial charge in [0, 0.05) is 11.6 Å². The van der Waals surface area contributed by atoms with Crippen molar-refractivity contribution in [1.82, 2.24) is 10.2 Å². The Morgan fingerprint density at radius 1 is 1.26 bits per heavy atom. The second-order valence-corrected chi connectivity index (χ2v) is 7.37. The Balaban J connectivity index is 2.71. The number of likely N-dealkylation sites (N-methyl/N-ethyl adjacent to an activating group) is 2. The molecule has 0 bridgehead atoms. The molecule has 0 aromatic carbocycles. The van der Waals surface area contributed by atoms with Crippen molar-refractivity contribution < 1.29 is 0 Å². The smallest absolute Gasteiger partial charge is 0.0358 e. The molecule has 0 aromatic heterocycles. The molecule has 3 atom stereocenters. The summed E-state index contributed by atoms with van der Waals surface area (Å²) in [7, 11) is 6.72. The molecular formula is C17H36N2. The van der Waals surface area contributed by atoms with E-state index in [1.807, 2.05) is 0 Å². The van der Waals surface area contributed by atoms with Crippen molar-refractivity contribution in [2.45, 2.75) is 77.3 Å². The first kappa shape index (κ1) is 17.0. The van der Waals surface area contributed by atoms with Crippen LogP contribution >= 0.6 is 0 Å². The van der Waals surface area contributed by atoms with Crippen LogP contribution in [0.5, 0.6) is 0 Å². The van der Waals surface area contributed by atoms with Crippen molar-refractivity contribution in [2.75, 3.05) is 21.1 Å². The zero-order chi connectivity index (χ0) is 14.5. The predicted octanol–water partition coefficient (Wildman–Crippen LogP) is 3.91. The monoisotopic (exact) mass is 268 g/mol. The molecule has 1 saturated carbocycles. The highest BCUT2D eigenvalue weighted by molar-refractivity contribution is 5.01. The fraction of sp³-hybridized carbons (Fsp3) is 1.00. The molecule has 19 heavy (non-hydrogen) atoms. The summed E-state index contributed by atoms with van der Waals surface area (Å²) in [5.41, 5.74) is 0.378. The van der Waals surface area contributed by atoms with Gasteiger partial charge in [0.25, 0.3) is 0 Å². The van der Waals surface area contributed by atoms with E-state index in [2.05, 4.69) is 52.1 Å². The summed E-state index contributed by atoms with van der Waals surface area (Å²) in [6.07, 6.45) is 9.55. The standard InChI is InChI=1S/C17H36N2/c1-14(2)9-7-11-16(18-4)17(19(5)6)12-8-10-15(3)13-17/h14-16,18H,7-13H2,1-6H3. The lowest BCUT2D eigenvalue weighted by atomic mass is 9.70. The topological polar surface area (TPSA) is 15.3 Å². The lowest BCUT2D eigenvalue weighted by Crippen LogP contribution is -2.60. The highest BCUT2D eigenvalue weighted by atomic mass is 15.2. The largest absolute Gasteiger partial charge is 0.315 e. The van der Waals surface area contributed by atoms with Gasteiger partial charge in [-0.15, -0.1) is 0 Å². The minimum absolute atomic E-state index is 0.378. The average molecular weight is 268 g/mol. The van der Waals surface area contributed by atoms with E-state index in [-0.39, 0.29) is 0 Å². The third-order valence-corrected chi connectivity index (χ3v) is 5.17. The van der Waals surface area contributed by atoms with Crippen molar-refractivity contribution in [3.8, 4) is 0 Å². The van der Waals surface area contributed by atoms with Gasteiger partial charge in [0.15, 0.2) is 0 Å². The molecule has 0 aromatic rings. The number of nitrogens with zero attached hydrogens (tertiary/aromatic N) is 1. The van der Waals surface area contributed by atoms with E-state index < -0.39 is 0 Å². The van der Waals surface area contributed by atoms with Crippen LogP contribution in [0.4, 0.5) is 0 Å². The van der Waals surface area contributed by atoms with Gasteiger partial charge >= 0.3 is 0 Å². The third kappa shape index (κ3) is 4.46. The van der Waals surface area contributed by atoms with E-state index in [9.17, 15) is 0 Å². The Hall–Kier alpha value is -0.0800. The SMILES string of the molecule is CNC(CCCC(C)C)C1(N(C)C)CCCC(C)C1. The van der Waals surface area contributed by atoms with Gasteiger partial charge in [-0.3, -0.25) is 0 Å². The zero-order valence-corrected chi connectivity index (χ0v) is 14.1. The van der Waals surface area contributed by atoms with E-state index in [0.29, 0.717) is 11.6 Å². The summed E-state index contributed by atoms with van der Waals surface area (Å²) < 4.78 is 0. The van der Waals surface area contributed by atoms with Crippen LogP contribution in [0.1, 0.15) is 65.7 Å². The zero-order valence-electron chi connectivity index (χ0n) is 14.1. The first-order chi connectivity index (χ1) is 8.92. The van der Waals surface area contributed by atoms with Crippen LogP contribution < -0.4 is 5.32 Å². The average Bonchev–Trinajstić information content (AvgIpc) is 2.34. The molecule has 114 valence electrons. The Kier molecular flexibility index (Phi) is 6.82. The quantitative estimate of drug-likeness (QED) is 0.753. The molecular weight excluding hydrogens is 232 g/mol. The van der Waals surface area contributed by atoms with Crippen LogP contribution in [-0.4, -0.2) is 37.6 Å². The van der Waals surface area contributed by atoms with Crippen molar-refractivity contribution in [2.24, 2.45) is 11.8 Å². The van der Waals surface area contributed by atoms with Crippen LogP contribution in [0.15, 0.2) is 0 Å². The van der Waals surface area contributed by atoms with Crippen molar-refractivity contribution in [3.05, 3.63) is 0 Å². The number of hydrogen-bond acceptors (Lipinski definition) is 2. The molecule has 2 nitrogen and oxygen atoms in total. The van der Waals surface area contributed by atoms with Crippen LogP contribution in [0, 0.1) is 11.8 Å². The summed E-state index contributed by atoms with van der Waals surface area (Å²) in [5, 5.41) is 3.65. The van der Waals surface area contributed by atoms with Crippen LogP contribution in [0.3, 0.4) is 0 Å². The second-order valence-electron chi connectivity index (χ2n) is 7.37. The first-order valence-electron chi connectivity index (χ1n) is 8.27. The van der Waals surface area contributed by atoms with Gasteiger partial charge in [-0.2, -0.15) is 0 Å². The highest BCUT2D eigenvalue weighted by Gasteiger charge is 2.42. The molecule has 2 heteroatoms. The normalized spacial score (nSPS) is 30.0. The summed E-state index contributed by atoms with van der Waals surface area (Å²) in [5.74, 6) is 1.70. The molecule has 1 fully saturated rings. The van der Waals surface area contributed by atoms with Gasteiger partial charge in [-0.05, 0) is 52.2 Å². The molecule has 0 radical (unpaired) electrons. The van der Waals surface area contributed by atoms with Crippen LogP contribution in [0.2, 0.25) is 0 Å². The molecule has 1 aliphatic rings. The Morgan fingerprint density at radius 3 is 2.42 bits per heavy atom. The lowest BCUT2D eigenvalue weighted by Gasteiger charge is -2.50. The van der Waals surface area contributed by atoms with Gasteiger partial charge in [-0.25, -0.2) is 0 Å². The van der Waals surface area contributed by atoms with E-state index in [4.69, 9.17) is 0 Å². The highest BCUT2D eigenvalue weighted by Crippen LogP contribution is 2.39. The Morgan fingerprint density at radius 2 is 1.95 bits per heavy atom. The fourth-order valence-electron chi connectivity index (χ4n) is 4.01. The minimum Gasteiger partial charge on any atom is -0.315 e. The molecule has 3 unspecified atom stereocenters. The molecule has 1 aliphatic carbocycles. The molecule has 0 heterocycles. The Bertz CT molecular complexity index is 250. The van der Waals surface area contributed by atoms with Crippen molar-refractivity contribution >= 4 is 0 Å². The molecule has 0 amide bonds. The van der Waals surface area contributed by atoms with Gasteiger partial charge in [-0.1, -0.05) is 46.5 Å². The second kappa shape index (κ2) is 7.64. The summed E-state index contributed by atoms with van der Waals surface area (Å²) in [6, 6.07) is 0.643. The van der Waals surface area contributed by atoms with Crippen molar-refractivity contribution in [1.29, 1.82) is 0 Å². The Labute approximate surface area is 121 Å². The molecule has 1 N–H and O–H groups in total. The predicted molar refractivity (Wildman–Crippen MR) is 85.6 cm³/mol. The van der Waals surface area contributed by atoms with Gasteiger partial charge in [0.1, 0.15) is 0 Å². The van der Waals surface area contributed by atoms with Gasteiger partial charge in [0.2, 0.25) is 0 Å². The maximum atomic E-state index is 3.65. The number of rotatable bonds is 7. The van der Waals surface area contributed by atoms with Crippen LogP contribution in [-0.2, 0) is 0 Å². The number of hydrogen-bond donors (Lipinski definition) is 1. The molecule has 0 spiro atoms. The molecule has 0 aliphatic heterocycles. The number of nitrogens with one attached hydrogen (secondary N) is 1. The molecule has 0 saturated heterocycles. The first-order valence-corrected chi connectivity index (χ1v) is 8.27. The van der Waals surface area contributed by atoms with Crippen LogP contribution in [0.25, 0.3) is 0 Å². The minimum atomic E-state index is 0.378. The fourth-order valence-corrected chi connectivity index (χ4v) is 4.01.